The van der Waals surface area contributed by atoms with E-state index in [1.807, 2.05) is 6.92 Å². The van der Waals surface area contributed by atoms with E-state index in [0.717, 1.165) is 0 Å². The van der Waals surface area contributed by atoms with Crippen LogP contribution in [-0.2, 0) is 6.54 Å². The number of phenolic OH excluding ortho intramolecular Hbond substituents is 1. The molecular weight excluding hydrogens is 293 g/mol. The van der Waals surface area contributed by atoms with Crippen LogP contribution in [0.25, 0.3) is 0 Å². The zero-order valence-electron chi connectivity index (χ0n) is 11.5. The zero-order chi connectivity index (χ0) is 15.4. The molecule has 0 bridgehead atoms. The molecule has 0 unspecified atom stereocenters. The maximum absolute atomic E-state index is 13.2. The van der Waals surface area contributed by atoms with Gasteiger partial charge in [0.25, 0.3) is 5.91 Å². The summed E-state index contributed by atoms with van der Waals surface area (Å²) in [6.07, 6.45) is 0. The summed E-state index contributed by atoms with van der Waals surface area (Å²) in [5.74, 6) is -0.814. The molecule has 1 amide bonds. The van der Waals surface area contributed by atoms with Crippen molar-refractivity contribution in [2.24, 2.45) is 0 Å². The summed E-state index contributed by atoms with van der Waals surface area (Å²) in [5.41, 5.74) is 0.826. The van der Waals surface area contributed by atoms with E-state index in [1.54, 1.807) is 12.1 Å². The molecule has 0 spiro atoms. The van der Waals surface area contributed by atoms with Crippen LogP contribution in [0.1, 0.15) is 22.8 Å². The lowest BCUT2D eigenvalue weighted by atomic mass is 10.1. The zero-order valence-corrected chi connectivity index (χ0v) is 12.3. The summed E-state index contributed by atoms with van der Waals surface area (Å²) in [7, 11) is 0. The van der Waals surface area contributed by atoms with Crippen LogP contribution >= 0.6 is 11.6 Å². The first-order valence-corrected chi connectivity index (χ1v) is 6.91. The van der Waals surface area contributed by atoms with E-state index in [-0.39, 0.29) is 29.6 Å². The quantitative estimate of drug-likeness (QED) is 0.932. The molecule has 110 valence electrons. The van der Waals surface area contributed by atoms with Crippen molar-refractivity contribution in [3.63, 3.8) is 0 Å². The molecular formula is C16H15ClFNO2. The smallest absolute Gasteiger partial charge is 0.257 e. The van der Waals surface area contributed by atoms with Gasteiger partial charge < -0.3 is 10.0 Å². The van der Waals surface area contributed by atoms with Crippen molar-refractivity contribution < 1.29 is 14.3 Å². The maximum Gasteiger partial charge on any atom is 0.257 e. The molecule has 2 rings (SSSR count). The average molecular weight is 308 g/mol. The monoisotopic (exact) mass is 307 g/mol. The Morgan fingerprint density at radius 1 is 1.29 bits per heavy atom. The minimum atomic E-state index is -0.346. The first-order valence-electron chi connectivity index (χ1n) is 6.53. The first kappa shape index (κ1) is 15.3. The third kappa shape index (κ3) is 3.73. The number of halogens is 2. The van der Waals surface area contributed by atoms with Crippen molar-refractivity contribution in [3.05, 3.63) is 64.4 Å². The molecule has 0 atom stereocenters. The Morgan fingerprint density at radius 2 is 2.05 bits per heavy atom. The summed E-state index contributed by atoms with van der Waals surface area (Å²) < 4.78 is 13.2. The molecule has 0 fully saturated rings. The summed E-state index contributed by atoms with van der Waals surface area (Å²) in [5, 5.41) is 10.2. The van der Waals surface area contributed by atoms with E-state index >= 15 is 0 Å². The largest absolute Gasteiger partial charge is 0.507 e. The minimum Gasteiger partial charge on any atom is -0.507 e. The van der Waals surface area contributed by atoms with Gasteiger partial charge in [0.05, 0.1) is 5.56 Å². The van der Waals surface area contributed by atoms with Gasteiger partial charge in [-0.2, -0.15) is 0 Å². The highest BCUT2D eigenvalue weighted by Crippen LogP contribution is 2.23. The second-order valence-corrected chi connectivity index (χ2v) is 5.05. The molecule has 0 saturated heterocycles. The molecule has 2 aromatic carbocycles. The van der Waals surface area contributed by atoms with Crippen molar-refractivity contribution in [3.8, 4) is 5.75 Å². The predicted molar refractivity (Wildman–Crippen MR) is 79.9 cm³/mol. The van der Waals surface area contributed by atoms with Gasteiger partial charge in [-0.05, 0) is 42.8 Å². The van der Waals surface area contributed by atoms with Crippen molar-refractivity contribution in [2.45, 2.75) is 13.5 Å². The predicted octanol–water partition coefficient (Wildman–Crippen LogP) is 3.85. The van der Waals surface area contributed by atoms with Crippen molar-refractivity contribution in [2.75, 3.05) is 6.54 Å². The molecule has 0 aliphatic heterocycles. The number of hydrogen-bond acceptors (Lipinski definition) is 2. The fourth-order valence-electron chi connectivity index (χ4n) is 2.03. The SMILES string of the molecule is CCN(Cc1cccc(F)c1)C(=O)c1cc(Cl)ccc1O. The fourth-order valence-corrected chi connectivity index (χ4v) is 2.20. The van der Waals surface area contributed by atoms with Crippen LogP contribution in [0.2, 0.25) is 5.02 Å². The highest BCUT2D eigenvalue weighted by Gasteiger charge is 2.18. The van der Waals surface area contributed by atoms with Gasteiger partial charge in [0.15, 0.2) is 0 Å². The molecule has 0 saturated carbocycles. The lowest BCUT2D eigenvalue weighted by Crippen LogP contribution is -2.30. The number of aromatic hydroxyl groups is 1. The Morgan fingerprint density at radius 3 is 2.71 bits per heavy atom. The van der Waals surface area contributed by atoms with E-state index in [2.05, 4.69) is 0 Å². The van der Waals surface area contributed by atoms with Crippen molar-refractivity contribution in [1.82, 2.24) is 4.90 Å². The van der Waals surface area contributed by atoms with Gasteiger partial charge in [-0.3, -0.25) is 4.79 Å². The Balaban J connectivity index is 2.24. The van der Waals surface area contributed by atoms with Crippen LogP contribution in [0.4, 0.5) is 4.39 Å². The van der Waals surface area contributed by atoms with Gasteiger partial charge in [-0.1, -0.05) is 23.7 Å². The summed E-state index contributed by atoms with van der Waals surface area (Å²) in [6.45, 7) is 2.51. The van der Waals surface area contributed by atoms with Gasteiger partial charge in [-0.15, -0.1) is 0 Å². The molecule has 1 N–H and O–H groups in total. The Kier molecular flexibility index (Phi) is 4.81. The molecule has 0 heterocycles. The van der Waals surface area contributed by atoms with Crippen LogP contribution in [0, 0.1) is 5.82 Å². The number of carbonyl (C=O) groups excluding carboxylic acids is 1. The molecule has 21 heavy (non-hydrogen) atoms. The van der Waals surface area contributed by atoms with Crippen molar-refractivity contribution >= 4 is 17.5 Å². The second-order valence-electron chi connectivity index (χ2n) is 4.61. The van der Waals surface area contributed by atoms with Gasteiger partial charge >= 0.3 is 0 Å². The molecule has 0 radical (unpaired) electrons. The minimum absolute atomic E-state index is 0.123. The Labute approximate surface area is 127 Å². The summed E-state index contributed by atoms with van der Waals surface area (Å²) in [4.78, 5) is 14.0. The van der Waals surface area contributed by atoms with E-state index in [1.165, 1.54) is 35.2 Å². The van der Waals surface area contributed by atoms with E-state index in [9.17, 15) is 14.3 Å². The van der Waals surface area contributed by atoms with E-state index in [0.29, 0.717) is 17.1 Å². The number of nitrogens with zero attached hydrogens (tertiary/aromatic N) is 1. The lowest BCUT2D eigenvalue weighted by Gasteiger charge is -2.21. The van der Waals surface area contributed by atoms with Gasteiger partial charge in [-0.25, -0.2) is 4.39 Å². The second kappa shape index (κ2) is 6.59. The van der Waals surface area contributed by atoms with Gasteiger partial charge in [0.2, 0.25) is 0 Å². The van der Waals surface area contributed by atoms with Gasteiger partial charge in [0, 0.05) is 18.1 Å². The molecule has 3 nitrogen and oxygen atoms in total. The first-order chi connectivity index (χ1) is 10.0. The fraction of sp³-hybridized carbons (Fsp3) is 0.188. The standard InChI is InChI=1S/C16H15ClFNO2/c1-2-19(10-11-4-3-5-13(18)8-11)16(21)14-9-12(17)6-7-15(14)20/h3-9,20H,2,10H2,1H3. The van der Waals surface area contributed by atoms with Crippen molar-refractivity contribution in [1.29, 1.82) is 0 Å². The number of benzene rings is 2. The summed E-state index contributed by atoms with van der Waals surface area (Å²) >= 11 is 5.86. The third-order valence-electron chi connectivity index (χ3n) is 3.12. The Hall–Kier alpha value is -2.07. The maximum atomic E-state index is 13.2. The lowest BCUT2D eigenvalue weighted by molar-refractivity contribution is 0.0749. The van der Waals surface area contributed by atoms with Crippen LogP contribution < -0.4 is 0 Å². The molecule has 0 aromatic heterocycles. The number of hydrogen-bond donors (Lipinski definition) is 1. The normalized spacial score (nSPS) is 10.4. The van der Waals surface area contributed by atoms with Gasteiger partial charge in [0.1, 0.15) is 11.6 Å². The third-order valence-corrected chi connectivity index (χ3v) is 3.36. The highest BCUT2D eigenvalue weighted by molar-refractivity contribution is 6.31. The van der Waals surface area contributed by atoms with Crippen LogP contribution in [0.5, 0.6) is 5.75 Å². The number of carbonyl (C=O) groups is 1. The topological polar surface area (TPSA) is 40.5 Å². The number of amides is 1. The molecule has 0 aliphatic rings. The number of phenols is 1. The highest BCUT2D eigenvalue weighted by atomic mass is 35.5. The van der Waals surface area contributed by atoms with Crippen LogP contribution in [-0.4, -0.2) is 22.5 Å². The average Bonchev–Trinajstić information content (AvgIpc) is 2.46. The Bertz CT molecular complexity index is 660. The number of rotatable bonds is 4. The van der Waals surface area contributed by atoms with E-state index in [4.69, 9.17) is 11.6 Å². The molecule has 2 aromatic rings. The van der Waals surface area contributed by atoms with Crippen LogP contribution in [0.3, 0.4) is 0 Å². The summed E-state index contributed by atoms with van der Waals surface area (Å²) in [6, 6.07) is 10.4. The molecule has 0 aliphatic carbocycles. The van der Waals surface area contributed by atoms with Crippen LogP contribution in [0.15, 0.2) is 42.5 Å². The van der Waals surface area contributed by atoms with E-state index < -0.39 is 0 Å². The molecule has 5 heteroatoms.